The first kappa shape index (κ1) is 23.5. The van der Waals surface area contributed by atoms with E-state index in [0.717, 1.165) is 17.5 Å². The zero-order valence-corrected chi connectivity index (χ0v) is 19.5. The highest BCUT2D eigenvalue weighted by molar-refractivity contribution is 7.92. The highest BCUT2D eigenvalue weighted by Gasteiger charge is 2.20. The Morgan fingerprint density at radius 2 is 1.44 bits per heavy atom. The van der Waals surface area contributed by atoms with Crippen molar-refractivity contribution in [2.45, 2.75) is 32.9 Å². The molecule has 1 amide bonds. The Bertz CT molecular complexity index is 1110. The second-order valence-corrected chi connectivity index (χ2v) is 10.3. The molecule has 3 aromatic rings. The van der Waals surface area contributed by atoms with Crippen molar-refractivity contribution in [3.8, 4) is 0 Å². The predicted molar refractivity (Wildman–Crippen MR) is 130 cm³/mol. The van der Waals surface area contributed by atoms with Crippen molar-refractivity contribution in [3.63, 3.8) is 0 Å². The van der Waals surface area contributed by atoms with Crippen LogP contribution in [0.5, 0.6) is 0 Å². The smallest absolute Gasteiger partial charge is 0.251 e. The number of rotatable bonds is 9. The summed E-state index contributed by atoms with van der Waals surface area (Å²) < 4.78 is 26.2. The first-order valence-corrected chi connectivity index (χ1v) is 12.6. The second kappa shape index (κ2) is 10.5. The van der Waals surface area contributed by atoms with Crippen LogP contribution < -0.4 is 9.62 Å². The number of amides is 1. The van der Waals surface area contributed by atoms with Gasteiger partial charge in [-0.15, -0.1) is 0 Å². The molecule has 0 aromatic heterocycles. The quantitative estimate of drug-likeness (QED) is 0.489. The molecular formula is C26H30N2O3S. The number of sulfonamides is 1. The molecule has 0 bridgehead atoms. The Morgan fingerprint density at radius 3 is 1.97 bits per heavy atom. The number of benzene rings is 3. The highest BCUT2D eigenvalue weighted by Crippen LogP contribution is 2.24. The number of nitrogens with zero attached hydrogens (tertiary/aromatic N) is 1. The number of hydrogen-bond donors (Lipinski definition) is 1. The fourth-order valence-electron chi connectivity index (χ4n) is 3.61. The number of nitrogens with one attached hydrogen (secondary N) is 1. The second-order valence-electron chi connectivity index (χ2n) is 8.37. The Hall–Kier alpha value is -3.12. The van der Waals surface area contributed by atoms with E-state index in [1.807, 2.05) is 60.7 Å². The molecule has 3 aromatic carbocycles. The van der Waals surface area contributed by atoms with Crippen LogP contribution in [0.15, 0.2) is 84.9 Å². The molecule has 0 heterocycles. The van der Waals surface area contributed by atoms with Gasteiger partial charge in [-0.1, -0.05) is 74.5 Å². The summed E-state index contributed by atoms with van der Waals surface area (Å²) in [4.78, 5) is 12.9. The summed E-state index contributed by atoms with van der Waals surface area (Å²) in [5, 5.41) is 3.13. The number of hydrogen-bond acceptors (Lipinski definition) is 3. The van der Waals surface area contributed by atoms with Gasteiger partial charge >= 0.3 is 0 Å². The van der Waals surface area contributed by atoms with E-state index in [1.165, 1.54) is 10.6 Å². The van der Waals surface area contributed by atoms with Gasteiger partial charge in [-0.05, 0) is 47.7 Å². The molecule has 5 nitrogen and oxygen atoms in total. The van der Waals surface area contributed by atoms with Crippen LogP contribution in [0.3, 0.4) is 0 Å². The average molecular weight is 451 g/mol. The lowest BCUT2D eigenvalue weighted by atomic mass is 9.96. The normalized spacial score (nSPS) is 12.4. The predicted octanol–water partition coefficient (Wildman–Crippen LogP) is 5.17. The van der Waals surface area contributed by atoms with Gasteiger partial charge in [-0.3, -0.25) is 9.10 Å². The highest BCUT2D eigenvalue weighted by atomic mass is 32.2. The third-order valence-electron chi connectivity index (χ3n) is 5.20. The third-order valence-corrected chi connectivity index (χ3v) is 6.34. The molecule has 0 saturated heterocycles. The Kier molecular flexibility index (Phi) is 7.70. The lowest BCUT2D eigenvalue weighted by molar-refractivity contribution is 0.0932. The van der Waals surface area contributed by atoms with Crippen molar-refractivity contribution in [3.05, 3.63) is 102 Å². The summed E-state index contributed by atoms with van der Waals surface area (Å²) >= 11 is 0. The lowest BCUT2D eigenvalue weighted by Gasteiger charge is -2.23. The van der Waals surface area contributed by atoms with E-state index in [-0.39, 0.29) is 18.5 Å². The average Bonchev–Trinajstić information content (AvgIpc) is 2.77. The minimum atomic E-state index is -3.48. The largest absolute Gasteiger partial charge is 0.345 e. The van der Waals surface area contributed by atoms with Crippen LogP contribution in [0.4, 0.5) is 5.69 Å². The fraction of sp³-hybridized carbons (Fsp3) is 0.269. The number of carbonyl (C=O) groups excluding carboxylic acids is 1. The lowest BCUT2D eigenvalue weighted by Crippen LogP contribution is -2.30. The van der Waals surface area contributed by atoms with Crippen molar-refractivity contribution >= 4 is 21.6 Å². The molecule has 1 atom stereocenters. The molecule has 0 aliphatic rings. The molecule has 0 saturated carbocycles. The third kappa shape index (κ3) is 6.44. The molecule has 0 aliphatic carbocycles. The van der Waals surface area contributed by atoms with Crippen molar-refractivity contribution in [1.29, 1.82) is 0 Å². The van der Waals surface area contributed by atoms with Crippen molar-refractivity contribution in [2.24, 2.45) is 5.92 Å². The summed E-state index contributed by atoms with van der Waals surface area (Å²) in [6.45, 7) is 4.49. The molecule has 0 fully saturated rings. The van der Waals surface area contributed by atoms with Gasteiger partial charge in [0.05, 0.1) is 24.5 Å². The topological polar surface area (TPSA) is 66.5 Å². The number of anilines is 1. The molecule has 6 heteroatoms. The van der Waals surface area contributed by atoms with Crippen LogP contribution in [0, 0.1) is 5.92 Å². The minimum Gasteiger partial charge on any atom is -0.345 e. The molecule has 0 unspecified atom stereocenters. The van der Waals surface area contributed by atoms with Crippen molar-refractivity contribution < 1.29 is 13.2 Å². The Morgan fingerprint density at radius 1 is 0.875 bits per heavy atom. The van der Waals surface area contributed by atoms with E-state index in [0.29, 0.717) is 17.2 Å². The van der Waals surface area contributed by atoms with Gasteiger partial charge in [-0.2, -0.15) is 0 Å². The van der Waals surface area contributed by atoms with Gasteiger partial charge in [0.15, 0.2) is 0 Å². The molecule has 3 rings (SSSR count). The summed E-state index contributed by atoms with van der Waals surface area (Å²) in [5.74, 6) is 0.240. The summed E-state index contributed by atoms with van der Waals surface area (Å²) in [6, 6.07) is 26.0. The Balaban J connectivity index is 1.79. The van der Waals surface area contributed by atoms with Gasteiger partial charge in [0.25, 0.3) is 5.91 Å². The van der Waals surface area contributed by atoms with Crippen LogP contribution in [-0.2, 0) is 16.6 Å². The van der Waals surface area contributed by atoms with Crippen LogP contribution in [0.2, 0.25) is 0 Å². The van der Waals surface area contributed by atoms with E-state index in [4.69, 9.17) is 0 Å². The molecule has 0 spiro atoms. The maximum Gasteiger partial charge on any atom is 0.251 e. The summed E-state index contributed by atoms with van der Waals surface area (Å²) in [5.41, 5.74) is 2.97. The van der Waals surface area contributed by atoms with Crippen LogP contribution in [0.25, 0.3) is 0 Å². The SMILES string of the molecule is CC(C)C[C@H](NC(=O)c1ccc(N(Cc2ccccc2)S(C)(=O)=O)cc1)c1ccccc1. The molecule has 32 heavy (non-hydrogen) atoms. The summed E-state index contributed by atoms with van der Waals surface area (Å²) in [7, 11) is -3.48. The zero-order chi connectivity index (χ0) is 23.1. The van der Waals surface area contributed by atoms with E-state index in [9.17, 15) is 13.2 Å². The van der Waals surface area contributed by atoms with Gasteiger partial charge in [0.2, 0.25) is 10.0 Å². The molecule has 1 N–H and O–H groups in total. The van der Waals surface area contributed by atoms with Crippen LogP contribution >= 0.6 is 0 Å². The summed E-state index contributed by atoms with van der Waals surface area (Å²) in [6.07, 6.45) is 2.01. The van der Waals surface area contributed by atoms with Gasteiger partial charge in [0.1, 0.15) is 0 Å². The maximum absolute atomic E-state index is 12.9. The van der Waals surface area contributed by atoms with E-state index >= 15 is 0 Å². The molecule has 168 valence electrons. The first-order valence-electron chi connectivity index (χ1n) is 10.7. The Labute approximate surface area is 191 Å². The monoisotopic (exact) mass is 450 g/mol. The van der Waals surface area contributed by atoms with Crippen LogP contribution in [-0.4, -0.2) is 20.6 Å². The van der Waals surface area contributed by atoms with Crippen molar-refractivity contribution in [2.75, 3.05) is 10.6 Å². The van der Waals surface area contributed by atoms with Gasteiger partial charge < -0.3 is 5.32 Å². The van der Waals surface area contributed by atoms with E-state index < -0.39 is 10.0 Å². The van der Waals surface area contributed by atoms with Gasteiger partial charge in [0, 0.05) is 5.56 Å². The van der Waals surface area contributed by atoms with Gasteiger partial charge in [-0.25, -0.2) is 8.42 Å². The van der Waals surface area contributed by atoms with Crippen LogP contribution in [0.1, 0.15) is 47.8 Å². The van der Waals surface area contributed by atoms with Crippen molar-refractivity contribution in [1.82, 2.24) is 5.32 Å². The fourth-order valence-corrected chi connectivity index (χ4v) is 4.49. The maximum atomic E-state index is 12.9. The zero-order valence-electron chi connectivity index (χ0n) is 18.7. The molecular weight excluding hydrogens is 420 g/mol. The first-order chi connectivity index (χ1) is 15.2. The van der Waals surface area contributed by atoms with E-state index in [1.54, 1.807) is 24.3 Å². The number of carbonyl (C=O) groups is 1. The molecule has 0 aliphatic heterocycles. The minimum absolute atomic E-state index is 0.0889. The van der Waals surface area contributed by atoms with E-state index in [2.05, 4.69) is 19.2 Å². The molecule has 0 radical (unpaired) electrons. The standard InChI is InChI=1S/C26H30N2O3S/c1-20(2)18-25(22-12-8-5-9-13-22)27-26(29)23-14-16-24(17-15-23)28(32(3,30)31)19-21-10-6-4-7-11-21/h4-17,20,25H,18-19H2,1-3H3,(H,27,29)/t25-/m0/s1.